The third kappa shape index (κ3) is 3.24. The van der Waals surface area contributed by atoms with E-state index >= 15 is 0 Å². The number of benzene rings is 2. The standard InChI is InChI=1S/C16H18O2S/c1-3-11-9-13(17)5-7-15(11)19-16-8-6-14(18)10-12(16)4-2/h5-10,17-18H,3-4H2,1-2H3. The largest absolute Gasteiger partial charge is 0.508 e. The highest BCUT2D eigenvalue weighted by molar-refractivity contribution is 7.99. The molecule has 2 aromatic carbocycles. The van der Waals surface area contributed by atoms with Crippen LogP contribution >= 0.6 is 11.8 Å². The molecule has 0 aromatic heterocycles. The van der Waals surface area contributed by atoms with Crippen molar-refractivity contribution in [2.24, 2.45) is 0 Å². The Morgan fingerprint density at radius 1 is 0.789 bits per heavy atom. The highest BCUT2D eigenvalue weighted by atomic mass is 32.2. The number of hydrogen-bond donors (Lipinski definition) is 2. The lowest BCUT2D eigenvalue weighted by atomic mass is 10.1. The third-order valence-electron chi connectivity index (χ3n) is 3.07. The molecule has 0 fully saturated rings. The quantitative estimate of drug-likeness (QED) is 0.869. The molecule has 0 aliphatic heterocycles. The molecule has 0 heterocycles. The van der Waals surface area contributed by atoms with Gasteiger partial charge in [-0.15, -0.1) is 0 Å². The zero-order chi connectivity index (χ0) is 13.8. The summed E-state index contributed by atoms with van der Waals surface area (Å²) in [5, 5.41) is 19.1. The van der Waals surface area contributed by atoms with Gasteiger partial charge in [0.1, 0.15) is 11.5 Å². The van der Waals surface area contributed by atoms with E-state index in [9.17, 15) is 10.2 Å². The van der Waals surface area contributed by atoms with Gasteiger partial charge in [-0.05, 0) is 60.4 Å². The zero-order valence-corrected chi connectivity index (χ0v) is 12.0. The van der Waals surface area contributed by atoms with Gasteiger partial charge in [-0.2, -0.15) is 0 Å². The summed E-state index contributed by atoms with van der Waals surface area (Å²) in [5.74, 6) is 0.616. The Morgan fingerprint density at radius 2 is 1.21 bits per heavy atom. The maximum atomic E-state index is 9.53. The zero-order valence-electron chi connectivity index (χ0n) is 11.2. The smallest absolute Gasteiger partial charge is 0.115 e. The van der Waals surface area contributed by atoms with Crippen LogP contribution in [0.1, 0.15) is 25.0 Å². The average Bonchev–Trinajstić information content (AvgIpc) is 2.42. The normalized spacial score (nSPS) is 10.6. The summed E-state index contributed by atoms with van der Waals surface area (Å²) < 4.78 is 0. The van der Waals surface area contributed by atoms with Crippen LogP contribution in [0.15, 0.2) is 46.2 Å². The molecule has 0 amide bonds. The molecular weight excluding hydrogens is 256 g/mol. The van der Waals surface area contributed by atoms with E-state index in [0.29, 0.717) is 11.5 Å². The Balaban J connectivity index is 2.36. The minimum Gasteiger partial charge on any atom is -0.508 e. The van der Waals surface area contributed by atoms with Crippen molar-refractivity contribution in [3.63, 3.8) is 0 Å². The number of rotatable bonds is 4. The molecule has 2 rings (SSSR count). The molecule has 0 saturated carbocycles. The SMILES string of the molecule is CCc1cc(O)ccc1Sc1ccc(O)cc1CC. The first-order valence-electron chi connectivity index (χ1n) is 6.45. The van der Waals surface area contributed by atoms with Gasteiger partial charge in [0.05, 0.1) is 0 Å². The van der Waals surface area contributed by atoms with E-state index < -0.39 is 0 Å². The number of phenolic OH excluding ortho intramolecular Hbond substituents is 2. The Bertz CT molecular complexity index is 527. The van der Waals surface area contributed by atoms with Crippen molar-refractivity contribution in [1.82, 2.24) is 0 Å². The van der Waals surface area contributed by atoms with Crippen LogP contribution in [-0.4, -0.2) is 10.2 Å². The monoisotopic (exact) mass is 274 g/mol. The molecule has 0 spiro atoms. The van der Waals surface area contributed by atoms with E-state index in [4.69, 9.17) is 0 Å². The van der Waals surface area contributed by atoms with Gasteiger partial charge < -0.3 is 10.2 Å². The number of hydrogen-bond acceptors (Lipinski definition) is 3. The van der Waals surface area contributed by atoms with Gasteiger partial charge in [0.15, 0.2) is 0 Å². The van der Waals surface area contributed by atoms with Crippen LogP contribution in [0.25, 0.3) is 0 Å². The van der Waals surface area contributed by atoms with Crippen LogP contribution in [0.5, 0.6) is 11.5 Å². The van der Waals surface area contributed by atoms with E-state index in [1.807, 2.05) is 24.3 Å². The molecule has 0 bridgehead atoms. The Kier molecular flexibility index (Phi) is 4.38. The molecule has 0 radical (unpaired) electrons. The highest BCUT2D eigenvalue weighted by Crippen LogP contribution is 2.35. The molecule has 0 aliphatic carbocycles. The van der Waals surface area contributed by atoms with E-state index in [1.54, 1.807) is 23.9 Å². The van der Waals surface area contributed by atoms with Crippen molar-refractivity contribution < 1.29 is 10.2 Å². The fourth-order valence-corrected chi connectivity index (χ4v) is 3.18. The van der Waals surface area contributed by atoms with Crippen LogP contribution < -0.4 is 0 Å². The van der Waals surface area contributed by atoms with Crippen molar-refractivity contribution >= 4 is 11.8 Å². The minimum absolute atomic E-state index is 0.308. The summed E-state index contributed by atoms with van der Waals surface area (Å²) in [6.45, 7) is 4.16. The minimum atomic E-state index is 0.308. The van der Waals surface area contributed by atoms with E-state index in [0.717, 1.165) is 33.8 Å². The summed E-state index contributed by atoms with van der Waals surface area (Å²) in [5.41, 5.74) is 2.28. The van der Waals surface area contributed by atoms with E-state index in [2.05, 4.69) is 13.8 Å². The Labute approximate surface area is 118 Å². The average molecular weight is 274 g/mol. The second-order valence-electron chi connectivity index (χ2n) is 4.39. The van der Waals surface area contributed by atoms with Crippen LogP contribution in [0.2, 0.25) is 0 Å². The van der Waals surface area contributed by atoms with Crippen molar-refractivity contribution in [2.45, 2.75) is 36.5 Å². The van der Waals surface area contributed by atoms with Crippen LogP contribution in [0, 0.1) is 0 Å². The first kappa shape index (κ1) is 13.8. The second-order valence-corrected chi connectivity index (χ2v) is 5.48. The first-order valence-corrected chi connectivity index (χ1v) is 7.27. The highest BCUT2D eigenvalue weighted by Gasteiger charge is 2.08. The maximum Gasteiger partial charge on any atom is 0.115 e. The van der Waals surface area contributed by atoms with Gasteiger partial charge in [0.25, 0.3) is 0 Å². The number of phenols is 2. The van der Waals surface area contributed by atoms with Crippen LogP contribution in [-0.2, 0) is 12.8 Å². The fraction of sp³-hybridized carbons (Fsp3) is 0.250. The van der Waals surface area contributed by atoms with Gasteiger partial charge >= 0.3 is 0 Å². The van der Waals surface area contributed by atoms with Gasteiger partial charge in [-0.25, -0.2) is 0 Å². The van der Waals surface area contributed by atoms with Crippen molar-refractivity contribution in [2.75, 3.05) is 0 Å². The lowest BCUT2D eigenvalue weighted by molar-refractivity contribution is 0.473. The maximum absolute atomic E-state index is 9.53. The number of aryl methyl sites for hydroxylation is 2. The molecule has 100 valence electrons. The second kappa shape index (κ2) is 6.02. The third-order valence-corrected chi connectivity index (χ3v) is 4.31. The molecule has 19 heavy (non-hydrogen) atoms. The fourth-order valence-electron chi connectivity index (χ4n) is 2.00. The van der Waals surface area contributed by atoms with Gasteiger partial charge in [-0.1, -0.05) is 25.6 Å². The lowest BCUT2D eigenvalue weighted by Crippen LogP contribution is -1.88. The van der Waals surface area contributed by atoms with Crippen LogP contribution in [0.4, 0.5) is 0 Å². The van der Waals surface area contributed by atoms with Crippen molar-refractivity contribution in [3.8, 4) is 11.5 Å². The molecule has 2 N–H and O–H groups in total. The molecule has 0 saturated heterocycles. The summed E-state index contributed by atoms with van der Waals surface area (Å²) in [7, 11) is 0. The summed E-state index contributed by atoms with van der Waals surface area (Å²) in [6.07, 6.45) is 1.77. The number of aromatic hydroxyl groups is 2. The summed E-state index contributed by atoms with van der Waals surface area (Å²) >= 11 is 1.69. The van der Waals surface area contributed by atoms with E-state index in [1.165, 1.54) is 0 Å². The predicted octanol–water partition coefficient (Wildman–Crippen LogP) is 4.37. The predicted molar refractivity (Wildman–Crippen MR) is 79.1 cm³/mol. The summed E-state index contributed by atoms with van der Waals surface area (Å²) in [4.78, 5) is 2.31. The molecule has 0 aliphatic rings. The van der Waals surface area contributed by atoms with Gasteiger partial charge in [0, 0.05) is 9.79 Å². The van der Waals surface area contributed by atoms with E-state index in [-0.39, 0.29) is 0 Å². The van der Waals surface area contributed by atoms with Gasteiger partial charge in [0.2, 0.25) is 0 Å². The van der Waals surface area contributed by atoms with Crippen molar-refractivity contribution in [1.29, 1.82) is 0 Å². The Morgan fingerprint density at radius 3 is 1.58 bits per heavy atom. The molecule has 2 aromatic rings. The first-order chi connectivity index (χ1) is 9.13. The lowest BCUT2D eigenvalue weighted by Gasteiger charge is -2.11. The molecular formula is C16H18O2S. The van der Waals surface area contributed by atoms with Gasteiger partial charge in [-0.3, -0.25) is 0 Å². The molecule has 2 nitrogen and oxygen atoms in total. The Hall–Kier alpha value is -1.61. The topological polar surface area (TPSA) is 40.5 Å². The molecule has 3 heteroatoms. The molecule has 0 unspecified atom stereocenters. The molecule has 0 atom stereocenters. The van der Waals surface area contributed by atoms with Crippen LogP contribution in [0.3, 0.4) is 0 Å². The summed E-state index contributed by atoms with van der Waals surface area (Å²) in [6, 6.07) is 11.0. The van der Waals surface area contributed by atoms with Crippen molar-refractivity contribution in [3.05, 3.63) is 47.5 Å².